The second kappa shape index (κ2) is 6.57. The van der Waals surface area contributed by atoms with Gasteiger partial charge in [0.05, 0.1) is 6.33 Å². The largest absolute Gasteiger partial charge is 0.334 e. The molecule has 0 amide bonds. The Morgan fingerprint density at radius 1 is 1.32 bits per heavy atom. The SMILES string of the molecule is CCCn1cncc1CSc1ccc(C(C)=O)cc1. The zero-order valence-corrected chi connectivity index (χ0v) is 12.1. The normalized spacial score (nSPS) is 10.6. The van der Waals surface area contributed by atoms with Crippen molar-refractivity contribution in [3.8, 4) is 0 Å². The minimum atomic E-state index is 0.109. The van der Waals surface area contributed by atoms with E-state index in [1.807, 2.05) is 36.8 Å². The van der Waals surface area contributed by atoms with Crippen LogP contribution in [-0.2, 0) is 12.3 Å². The summed E-state index contributed by atoms with van der Waals surface area (Å²) in [5.41, 5.74) is 2.00. The lowest BCUT2D eigenvalue weighted by Crippen LogP contribution is -1.99. The summed E-state index contributed by atoms with van der Waals surface area (Å²) in [5.74, 6) is 1.01. The molecule has 2 rings (SSSR count). The van der Waals surface area contributed by atoms with Gasteiger partial charge >= 0.3 is 0 Å². The highest BCUT2D eigenvalue weighted by molar-refractivity contribution is 7.98. The molecular formula is C15H18N2OS. The Morgan fingerprint density at radius 2 is 2.05 bits per heavy atom. The number of ketones is 1. The van der Waals surface area contributed by atoms with Gasteiger partial charge in [-0.3, -0.25) is 4.79 Å². The van der Waals surface area contributed by atoms with Gasteiger partial charge in [-0.25, -0.2) is 4.98 Å². The first kappa shape index (κ1) is 13.9. The monoisotopic (exact) mass is 274 g/mol. The molecule has 0 bridgehead atoms. The lowest BCUT2D eigenvalue weighted by molar-refractivity contribution is 0.101. The van der Waals surface area contributed by atoms with Crippen LogP contribution in [0.2, 0.25) is 0 Å². The van der Waals surface area contributed by atoms with Crippen LogP contribution in [0.3, 0.4) is 0 Å². The zero-order valence-electron chi connectivity index (χ0n) is 11.3. The number of hydrogen-bond acceptors (Lipinski definition) is 3. The van der Waals surface area contributed by atoms with Crippen molar-refractivity contribution in [2.45, 2.75) is 37.5 Å². The quantitative estimate of drug-likeness (QED) is 0.594. The van der Waals surface area contributed by atoms with Crippen LogP contribution >= 0.6 is 11.8 Å². The Hall–Kier alpha value is -1.55. The van der Waals surface area contributed by atoms with E-state index in [1.165, 1.54) is 10.6 Å². The molecule has 1 aromatic carbocycles. The first-order valence-electron chi connectivity index (χ1n) is 6.43. The molecule has 100 valence electrons. The fourth-order valence-electron chi connectivity index (χ4n) is 1.85. The van der Waals surface area contributed by atoms with E-state index < -0.39 is 0 Å². The molecule has 0 aliphatic heterocycles. The molecule has 3 nitrogen and oxygen atoms in total. The van der Waals surface area contributed by atoms with Crippen molar-refractivity contribution in [3.05, 3.63) is 48.0 Å². The smallest absolute Gasteiger partial charge is 0.159 e. The number of nitrogens with zero attached hydrogens (tertiary/aromatic N) is 2. The summed E-state index contributed by atoms with van der Waals surface area (Å²) in [6.07, 6.45) is 4.92. The summed E-state index contributed by atoms with van der Waals surface area (Å²) < 4.78 is 2.19. The summed E-state index contributed by atoms with van der Waals surface area (Å²) in [6.45, 7) is 4.77. The number of imidazole rings is 1. The Bertz CT molecular complexity index is 546. The van der Waals surface area contributed by atoms with E-state index in [-0.39, 0.29) is 5.78 Å². The van der Waals surface area contributed by atoms with E-state index in [4.69, 9.17) is 0 Å². The number of Topliss-reactive ketones (excluding diaryl/α,β-unsaturated/α-hetero) is 1. The van der Waals surface area contributed by atoms with E-state index in [0.717, 1.165) is 24.3 Å². The topological polar surface area (TPSA) is 34.9 Å². The summed E-state index contributed by atoms with van der Waals surface area (Å²) in [5, 5.41) is 0. The van der Waals surface area contributed by atoms with Crippen molar-refractivity contribution in [1.82, 2.24) is 9.55 Å². The maximum Gasteiger partial charge on any atom is 0.159 e. The summed E-state index contributed by atoms with van der Waals surface area (Å²) in [7, 11) is 0. The molecule has 1 aromatic heterocycles. The lowest BCUT2D eigenvalue weighted by Gasteiger charge is -2.06. The highest BCUT2D eigenvalue weighted by Gasteiger charge is 2.03. The van der Waals surface area contributed by atoms with Gasteiger partial charge in [0.1, 0.15) is 0 Å². The molecule has 0 spiro atoms. The van der Waals surface area contributed by atoms with E-state index in [1.54, 1.807) is 18.7 Å². The van der Waals surface area contributed by atoms with Gasteiger partial charge in [0.15, 0.2) is 5.78 Å². The minimum absolute atomic E-state index is 0.109. The molecular weight excluding hydrogens is 256 g/mol. The predicted octanol–water partition coefficient (Wildman–Crippen LogP) is 3.79. The zero-order chi connectivity index (χ0) is 13.7. The number of hydrogen-bond donors (Lipinski definition) is 0. The maximum atomic E-state index is 11.2. The highest BCUT2D eigenvalue weighted by Crippen LogP contribution is 2.23. The first-order valence-corrected chi connectivity index (χ1v) is 7.42. The molecule has 0 radical (unpaired) electrons. The predicted molar refractivity (Wildman–Crippen MR) is 78.5 cm³/mol. The fourth-order valence-corrected chi connectivity index (χ4v) is 2.74. The Kier molecular flexibility index (Phi) is 4.80. The Morgan fingerprint density at radius 3 is 2.68 bits per heavy atom. The van der Waals surface area contributed by atoms with E-state index >= 15 is 0 Å². The molecule has 0 unspecified atom stereocenters. The maximum absolute atomic E-state index is 11.2. The van der Waals surface area contributed by atoms with E-state index in [9.17, 15) is 4.79 Å². The molecule has 0 fully saturated rings. The average Bonchev–Trinajstić information content (AvgIpc) is 2.85. The summed E-state index contributed by atoms with van der Waals surface area (Å²) >= 11 is 1.77. The number of benzene rings is 1. The third kappa shape index (κ3) is 3.70. The van der Waals surface area contributed by atoms with Crippen LogP contribution in [0.5, 0.6) is 0 Å². The minimum Gasteiger partial charge on any atom is -0.334 e. The highest BCUT2D eigenvalue weighted by atomic mass is 32.2. The van der Waals surface area contributed by atoms with Crippen LogP contribution in [0.4, 0.5) is 0 Å². The van der Waals surface area contributed by atoms with Crippen molar-refractivity contribution in [1.29, 1.82) is 0 Å². The third-order valence-electron chi connectivity index (χ3n) is 2.91. The molecule has 0 saturated carbocycles. The van der Waals surface area contributed by atoms with Gasteiger partial charge in [-0.05, 0) is 25.5 Å². The lowest BCUT2D eigenvalue weighted by atomic mass is 10.2. The molecule has 2 aromatic rings. The number of carbonyl (C=O) groups excluding carboxylic acids is 1. The van der Waals surface area contributed by atoms with Crippen LogP contribution < -0.4 is 0 Å². The second-order valence-corrected chi connectivity index (χ2v) is 5.50. The molecule has 4 heteroatoms. The van der Waals surface area contributed by atoms with Gasteiger partial charge in [-0.2, -0.15) is 0 Å². The van der Waals surface area contributed by atoms with Crippen molar-refractivity contribution in [3.63, 3.8) is 0 Å². The van der Waals surface area contributed by atoms with E-state index in [0.29, 0.717) is 0 Å². The number of carbonyl (C=O) groups is 1. The Balaban J connectivity index is 1.98. The summed E-state index contributed by atoms with van der Waals surface area (Å²) in [6, 6.07) is 7.77. The molecule has 0 saturated heterocycles. The first-order chi connectivity index (χ1) is 9.20. The third-order valence-corrected chi connectivity index (χ3v) is 3.96. The van der Waals surface area contributed by atoms with Crippen molar-refractivity contribution in [2.24, 2.45) is 0 Å². The van der Waals surface area contributed by atoms with E-state index in [2.05, 4.69) is 16.5 Å². The van der Waals surface area contributed by atoms with Crippen LogP contribution in [0, 0.1) is 0 Å². The van der Waals surface area contributed by atoms with Gasteiger partial charge in [0.25, 0.3) is 0 Å². The number of rotatable bonds is 6. The van der Waals surface area contributed by atoms with Crippen LogP contribution in [0.1, 0.15) is 36.3 Å². The van der Waals surface area contributed by atoms with Crippen molar-refractivity contribution in [2.75, 3.05) is 0 Å². The molecule has 1 heterocycles. The van der Waals surface area contributed by atoms with Crippen LogP contribution in [0.15, 0.2) is 41.7 Å². The molecule has 0 N–H and O–H groups in total. The number of aryl methyl sites for hydroxylation is 1. The van der Waals surface area contributed by atoms with Gasteiger partial charge in [0.2, 0.25) is 0 Å². The van der Waals surface area contributed by atoms with Gasteiger partial charge < -0.3 is 4.57 Å². The van der Waals surface area contributed by atoms with Crippen LogP contribution in [0.25, 0.3) is 0 Å². The van der Waals surface area contributed by atoms with Crippen LogP contribution in [-0.4, -0.2) is 15.3 Å². The molecule has 0 aliphatic carbocycles. The van der Waals surface area contributed by atoms with Gasteiger partial charge in [-0.15, -0.1) is 11.8 Å². The van der Waals surface area contributed by atoms with Gasteiger partial charge in [0, 0.05) is 34.6 Å². The fraction of sp³-hybridized carbons (Fsp3) is 0.333. The number of aromatic nitrogens is 2. The van der Waals surface area contributed by atoms with Gasteiger partial charge in [-0.1, -0.05) is 19.1 Å². The molecule has 0 atom stereocenters. The Labute approximate surface area is 118 Å². The summed E-state index contributed by atoms with van der Waals surface area (Å²) in [4.78, 5) is 16.6. The average molecular weight is 274 g/mol. The molecule has 19 heavy (non-hydrogen) atoms. The number of thioether (sulfide) groups is 1. The second-order valence-electron chi connectivity index (χ2n) is 4.45. The standard InChI is InChI=1S/C15H18N2OS/c1-3-8-17-11-16-9-14(17)10-19-15-6-4-13(5-7-15)12(2)18/h4-7,9,11H,3,8,10H2,1-2H3. The van der Waals surface area contributed by atoms with Crippen molar-refractivity contribution >= 4 is 17.5 Å². The van der Waals surface area contributed by atoms with Crippen molar-refractivity contribution < 1.29 is 4.79 Å². The molecule has 0 aliphatic rings.